The summed E-state index contributed by atoms with van der Waals surface area (Å²) in [7, 11) is 0. The maximum Gasteiger partial charge on any atom is 0.0303 e. The zero-order chi connectivity index (χ0) is 18.1. The fourth-order valence-electron chi connectivity index (χ4n) is 3.74. The first-order chi connectivity index (χ1) is 11.6. The highest BCUT2D eigenvalue weighted by molar-refractivity contribution is 6.13. The maximum atomic E-state index is 5.88. The molecule has 1 nitrogen and oxygen atoms in total. The normalized spacial score (nSPS) is 13.4. The van der Waals surface area contributed by atoms with Gasteiger partial charge in [0.05, 0.1) is 0 Å². The van der Waals surface area contributed by atoms with E-state index in [0.29, 0.717) is 5.92 Å². The Balaban J connectivity index is 3.31. The zero-order valence-corrected chi connectivity index (χ0v) is 18.0. The van der Waals surface area contributed by atoms with Crippen LogP contribution >= 0.6 is 11.8 Å². The molecular formula is C22H46ClN. The quantitative estimate of drug-likeness (QED) is 0.191. The summed E-state index contributed by atoms with van der Waals surface area (Å²) in [5.41, 5.74) is 0.0623. The highest BCUT2D eigenvalue weighted by atomic mass is 35.5. The Morgan fingerprint density at radius 1 is 0.667 bits per heavy atom. The van der Waals surface area contributed by atoms with Crippen molar-refractivity contribution in [2.24, 2.45) is 5.92 Å². The highest BCUT2D eigenvalue weighted by Gasteiger charge is 2.26. The lowest BCUT2D eigenvalue weighted by molar-refractivity contribution is 0.263. The molecule has 1 atom stereocenters. The second kappa shape index (κ2) is 16.7. The van der Waals surface area contributed by atoms with Crippen molar-refractivity contribution in [1.29, 1.82) is 0 Å². The molecule has 146 valence electrons. The molecule has 0 aromatic carbocycles. The molecule has 2 heteroatoms. The average Bonchev–Trinajstić information content (AvgIpc) is 2.58. The van der Waals surface area contributed by atoms with E-state index in [4.69, 9.17) is 11.8 Å². The second-order valence-corrected chi connectivity index (χ2v) is 8.50. The second-order valence-electron chi connectivity index (χ2n) is 8.31. The average molecular weight is 360 g/mol. The summed E-state index contributed by atoms with van der Waals surface area (Å²) in [6.45, 7) is 9.01. The summed E-state index contributed by atoms with van der Waals surface area (Å²) in [6.07, 6.45) is 22.6. The number of rotatable bonds is 18. The van der Waals surface area contributed by atoms with E-state index in [2.05, 4.69) is 32.5 Å². The first kappa shape index (κ1) is 24.2. The fourth-order valence-corrected chi connectivity index (χ4v) is 3.89. The Kier molecular flexibility index (Phi) is 16.9. The predicted molar refractivity (Wildman–Crippen MR) is 112 cm³/mol. The van der Waals surface area contributed by atoms with Gasteiger partial charge < -0.3 is 0 Å². The molecule has 0 aliphatic carbocycles. The monoisotopic (exact) mass is 359 g/mol. The molecule has 0 aliphatic rings. The first-order valence-corrected chi connectivity index (χ1v) is 11.3. The molecule has 0 aromatic heterocycles. The third-order valence-electron chi connectivity index (χ3n) is 5.66. The van der Waals surface area contributed by atoms with Crippen LogP contribution in [0.1, 0.15) is 130 Å². The van der Waals surface area contributed by atoms with Crippen LogP contribution in [0.3, 0.4) is 0 Å². The van der Waals surface area contributed by atoms with Gasteiger partial charge in [0, 0.05) is 5.54 Å². The lowest BCUT2D eigenvalue weighted by Crippen LogP contribution is -2.40. The maximum absolute atomic E-state index is 5.88. The van der Waals surface area contributed by atoms with E-state index in [1.807, 2.05) is 0 Å². The van der Waals surface area contributed by atoms with Crippen LogP contribution in [0.4, 0.5) is 0 Å². The van der Waals surface area contributed by atoms with Crippen LogP contribution in [0, 0.1) is 5.92 Å². The van der Waals surface area contributed by atoms with Crippen LogP contribution in [-0.2, 0) is 0 Å². The molecule has 0 aromatic rings. The van der Waals surface area contributed by atoms with Crippen molar-refractivity contribution >= 4 is 11.8 Å². The number of hydrogen-bond acceptors (Lipinski definition) is 1. The minimum atomic E-state index is 0.0623. The molecule has 0 fully saturated rings. The Morgan fingerprint density at radius 3 is 1.38 bits per heavy atom. The summed E-state index contributed by atoms with van der Waals surface area (Å²) < 4.78 is 0. The molecule has 0 spiro atoms. The van der Waals surface area contributed by atoms with Crippen LogP contribution in [0.25, 0.3) is 0 Å². The van der Waals surface area contributed by atoms with Gasteiger partial charge in [0.15, 0.2) is 0 Å². The van der Waals surface area contributed by atoms with Gasteiger partial charge in [0.2, 0.25) is 0 Å². The van der Waals surface area contributed by atoms with Crippen LogP contribution in [0.2, 0.25) is 0 Å². The van der Waals surface area contributed by atoms with Crippen molar-refractivity contribution in [1.82, 2.24) is 4.84 Å². The van der Waals surface area contributed by atoms with Crippen molar-refractivity contribution in [3.63, 3.8) is 0 Å². The molecule has 0 radical (unpaired) electrons. The Bertz CT molecular complexity index is 252. The lowest BCUT2D eigenvalue weighted by atomic mass is 9.82. The van der Waals surface area contributed by atoms with E-state index in [0.717, 1.165) is 0 Å². The van der Waals surface area contributed by atoms with E-state index in [-0.39, 0.29) is 5.54 Å². The van der Waals surface area contributed by atoms with Crippen molar-refractivity contribution in [3.8, 4) is 0 Å². The van der Waals surface area contributed by atoms with Crippen molar-refractivity contribution in [2.45, 2.75) is 136 Å². The molecule has 0 heterocycles. The Hall–Kier alpha value is 0.250. The first-order valence-electron chi connectivity index (χ1n) is 11.0. The standard InChI is InChI=1S/C22H46ClN/c1-5-7-8-9-10-11-12-13-14-15-16-17-18-19-20-21(6-2)22(3,4)24-23/h21,24H,5-20H2,1-4H3. The van der Waals surface area contributed by atoms with E-state index in [9.17, 15) is 0 Å². The van der Waals surface area contributed by atoms with Gasteiger partial charge in [-0.3, -0.25) is 0 Å². The van der Waals surface area contributed by atoms with Crippen molar-refractivity contribution in [3.05, 3.63) is 0 Å². The molecule has 0 amide bonds. The van der Waals surface area contributed by atoms with Crippen molar-refractivity contribution in [2.75, 3.05) is 0 Å². The third kappa shape index (κ3) is 13.5. The summed E-state index contributed by atoms with van der Waals surface area (Å²) in [4.78, 5) is 2.96. The lowest BCUT2D eigenvalue weighted by Gasteiger charge is -2.32. The van der Waals surface area contributed by atoms with Gasteiger partial charge in [0.1, 0.15) is 0 Å². The molecule has 1 N–H and O–H groups in total. The van der Waals surface area contributed by atoms with Gasteiger partial charge in [-0.15, -0.1) is 0 Å². The number of halogens is 1. The van der Waals surface area contributed by atoms with E-state index < -0.39 is 0 Å². The van der Waals surface area contributed by atoms with E-state index in [1.165, 1.54) is 103 Å². The van der Waals surface area contributed by atoms with Crippen LogP contribution in [0.15, 0.2) is 0 Å². The molecule has 0 bridgehead atoms. The van der Waals surface area contributed by atoms with E-state index in [1.54, 1.807) is 0 Å². The third-order valence-corrected chi connectivity index (χ3v) is 6.15. The molecular weight excluding hydrogens is 314 g/mol. The predicted octanol–water partition coefficient (Wildman–Crippen LogP) is 8.41. The molecule has 24 heavy (non-hydrogen) atoms. The summed E-state index contributed by atoms with van der Waals surface area (Å²) in [6, 6.07) is 0. The topological polar surface area (TPSA) is 12.0 Å². The number of unbranched alkanes of at least 4 members (excludes halogenated alkanes) is 13. The van der Waals surface area contributed by atoms with E-state index >= 15 is 0 Å². The van der Waals surface area contributed by atoms with Crippen molar-refractivity contribution < 1.29 is 0 Å². The molecule has 1 unspecified atom stereocenters. The summed E-state index contributed by atoms with van der Waals surface area (Å²) >= 11 is 5.88. The van der Waals surface area contributed by atoms with Crippen LogP contribution in [0.5, 0.6) is 0 Å². The van der Waals surface area contributed by atoms with Gasteiger partial charge >= 0.3 is 0 Å². The molecule has 0 saturated carbocycles. The Morgan fingerprint density at radius 2 is 1.04 bits per heavy atom. The van der Waals surface area contributed by atoms with Crippen LogP contribution in [-0.4, -0.2) is 5.54 Å². The summed E-state index contributed by atoms with van der Waals surface area (Å²) in [5.74, 6) is 0.687. The van der Waals surface area contributed by atoms with Gasteiger partial charge in [-0.1, -0.05) is 110 Å². The minimum Gasteiger partial charge on any atom is -0.228 e. The number of nitrogens with one attached hydrogen (secondary N) is 1. The Labute approximate surface area is 158 Å². The number of hydrogen-bond donors (Lipinski definition) is 1. The highest BCUT2D eigenvalue weighted by Crippen LogP contribution is 2.26. The van der Waals surface area contributed by atoms with Gasteiger partial charge in [-0.05, 0) is 38.0 Å². The van der Waals surface area contributed by atoms with Gasteiger partial charge in [0.25, 0.3) is 0 Å². The SMILES string of the molecule is CCCCCCCCCCCCCCCCC(CC)C(C)(C)NCl. The van der Waals surface area contributed by atoms with Gasteiger partial charge in [-0.25, -0.2) is 4.84 Å². The minimum absolute atomic E-state index is 0.0623. The smallest absolute Gasteiger partial charge is 0.0303 e. The fraction of sp³-hybridized carbons (Fsp3) is 1.00. The molecule has 0 saturated heterocycles. The molecule has 0 rings (SSSR count). The molecule has 0 aliphatic heterocycles. The largest absolute Gasteiger partial charge is 0.228 e. The van der Waals surface area contributed by atoms with Crippen LogP contribution < -0.4 is 4.84 Å². The van der Waals surface area contributed by atoms with Gasteiger partial charge in [-0.2, -0.15) is 0 Å². The summed E-state index contributed by atoms with van der Waals surface area (Å²) in [5, 5.41) is 0. The zero-order valence-electron chi connectivity index (χ0n) is 17.3.